The first-order valence-corrected chi connectivity index (χ1v) is 7.57. The van der Waals surface area contributed by atoms with Gasteiger partial charge in [0.1, 0.15) is 5.82 Å². The molecule has 1 aromatic heterocycles. The Morgan fingerprint density at radius 1 is 1.45 bits per heavy atom. The zero-order valence-electron chi connectivity index (χ0n) is 11.0. The number of H-pyrrole nitrogens is 1. The van der Waals surface area contributed by atoms with Crippen molar-refractivity contribution in [2.24, 2.45) is 0 Å². The van der Waals surface area contributed by atoms with E-state index >= 15 is 0 Å². The molecule has 0 spiro atoms. The summed E-state index contributed by atoms with van der Waals surface area (Å²) in [6, 6.07) is 5.08. The highest BCUT2D eigenvalue weighted by molar-refractivity contribution is 14.1. The summed E-state index contributed by atoms with van der Waals surface area (Å²) in [6.07, 6.45) is 0. The van der Waals surface area contributed by atoms with Gasteiger partial charge in [-0.3, -0.25) is 5.10 Å². The topological polar surface area (TPSA) is 56.8 Å². The molecule has 1 aliphatic rings. The zero-order valence-corrected chi connectivity index (χ0v) is 13.2. The Balaban J connectivity index is 1.86. The Morgan fingerprint density at radius 3 is 3.05 bits per heavy atom. The number of nitrogens with zero attached hydrogens (tertiary/aromatic N) is 3. The molecule has 1 unspecified atom stereocenters. The summed E-state index contributed by atoms with van der Waals surface area (Å²) in [4.78, 5) is 6.68. The Labute approximate surface area is 130 Å². The Kier molecular flexibility index (Phi) is 3.88. The number of aromatic amines is 1. The molecule has 1 aliphatic heterocycles. The molecule has 20 heavy (non-hydrogen) atoms. The lowest BCUT2D eigenvalue weighted by atomic mass is 10.2. The Morgan fingerprint density at radius 2 is 2.30 bits per heavy atom. The van der Waals surface area contributed by atoms with Crippen molar-refractivity contribution in [3.63, 3.8) is 0 Å². The summed E-state index contributed by atoms with van der Waals surface area (Å²) in [5, 5.41) is 10.6. The number of rotatable bonds is 2. The number of aromatic nitrogens is 3. The van der Waals surface area contributed by atoms with Crippen LogP contribution in [0.4, 0.5) is 10.3 Å². The van der Waals surface area contributed by atoms with E-state index in [0.29, 0.717) is 17.8 Å². The molecule has 2 heterocycles. The number of benzene rings is 1. The van der Waals surface area contributed by atoms with Crippen LogP contribution in [0.1, 0.15) is 6.92 Å². The first kappa shape index (κ1) is 13.7. The van der Waals surface area contributed by atoms with Crippen molar-refractivity contribution in [3.05, 3.63) is 27.6 Å². The molecule has 1 fully saturated rings. The molecular weight excluding hydrogens is 372 g/mol. The van der Waals surface area contributed by atoms with Gasteiger partial charge in [-0.2, -0.15) is 4.98 Å². The van der Waals surface area contributed by atoms with Gasteiger partial charge in [0.05, 0.1) is 0 Å². The fourth-order valence-corrected chi connectivity index (χ4v) is 3.04. The predicted octanol–water partition coefficient (Wildman–Crippen LogP) is 2.01. The molecule has 1 saturated heterocycles. The lowest BCUT2D eigenvalue weighted by Crippen LogP contribution is -2.49. The fraction of sp³-hybridized carbons (Fsp3) is 0.385. The van der Waals surface area contributed by atoms with E-state index in [1.165, 1.54) is 12.1 Å². The highest BCUT2D eigenvalue weighted by atomic mass is 127. The monoisotopic (exact) mass is 387 g/mol. The minimum atomic E-state index is -0.242. The van der Waals surface area contributed by atoms with E-state index in [1.54, 1.807) is 6.07 Å². The van der Waals surface area contributed by atoms with Crippen LogP contribution in [0.3, 0.4) is 0 Å². The van der Waals surface area contributed by atoms with Gasteiger partial charge >= 0.3 is 0 Å². The lowest BCUT2D eigenvalue weighted by Gasteiger charge is -2.30. The van der Waals surface area contributed by atoms with Crippen LogP contribution in [-0.2, 0) is 0 Å². The summed E-state index contributed by atoms with van der Waals surface area (Å²) in [5.41, 5.74) is 0.869. The molecule has 7 heteroatoms. The largest absolute Gasteiger partial charge is 0.337 e. The second-order valence-electron chi connectivity index (χ2n) is 4.91. The SMILES string of the molecule is CC1CN(c2n[nH]c(-c3ccc(F)cc3I)n2)CCN1. The van der Waals surface area contributed by atoms with Crippen LogP contribution in [0, 0.1) is 9.39 Å². The molecule has 2 N–H and O–H groups in total. The van der Waals surface area contributed by atoms with E-state index in [0.717, 1.165) is 28.8 Å². The van der Waals surface area contributed by atoms with Crippen LogP contribution in [0.15, 0.2) is 18.2 Å². The predicted molar refractivity (Wildman–Crippen MR) is 84.2 cm³/mol. The van der Waals surface area contributed by atoms with E-state index in [2.05, 4.69) is 54.9 Å². The van der Waals surface area contributed by atoms with Gasteiger partial charge in [0.2, 0.25) is 5.95 Å². The second-order valence-corrected chi connectivity index (χ2v) is 6.07. The van der Waals surface area contributed by atoms with Crippen molar-refractivity contribution in [1.82, 2.24) is 20.5 Å². The fourth-order valence-electron chi connectivity index (χ4n) is 2.31. The molecule has 0 radical (unpaired) electrons. The summed E-state index contributed by atoms with van der Waals surface area (Å²) in [7, 11) is 0. The van der Waals surface area contributed by atoms with Crippen molar-refractivity contribution in [2.45, 2.75) is 13.0 Å². The third kappa shape index (κ3) is 2.78. The number of piperazine rings is 1. The molecule has 5 nitrogen and oxygen atoms in total. The van der Waals surface area contributed by atoms with E-state index < -0.39 is 0 Å². The van der Waals surface area contributed by atoms with Crippen LogP contribution in [-0.4, -0.2) is 40.9 Å². The van der Waals surface area contributed by atoms with Crippen molar-refractivity contribution in [1.29, 1.82) is 0 Å². The summed E-state index contributed by atoms with van der Waals surface area (Å²) >= 11 is 2.11. The van der Waals surface area contributed by atoms with Crippen LogP contribution in [0.2, 0.25) is 0 Å². The van der Waals surface area contributed by atoms with Crippen LogP contribution in [0.5, 0.6) is 0 Å². The van der Waals surface area contributed by atoms with Crippen LogP contribution in [0.25, 0.3) is 11.4 Å². The summed E-state index contributed by atoms with van der Waals surface area (Å²) < 4.78 is 14.0. The normalized spacial score (nSPS) is 19.4. The van der Waals surface area contributed by atoms with Crippen molar-refractivity contribution >= 4 is 28.5 Å². The smallest absolute Gasteiger partial charge is 0.245 e. The molecule has 1 atom stereocenters. The van der Waals surface area contributed by atoms with Gasteiger partial charge < -0.3 is 10.2 Å². The molecule has 106 valence electrons. The number of halogens is 2. The zero-order chi connectivity index (χ0) is 14.1. The van der Waals surface area contributed by atoms with Gasteiger partial charge in [-0.1, -0.05) is 0 Å². The summed E-state index contributed by atoms with van der Waals surface area (Å²) in [6.45, 7) is 4.85. The summed E-state index contributed by atoms with van der Waals surface area (Å²) in [5.74, 6) is 1.14. The minimum Gasteiger partial charge on any atom is -0.337 e. The molecule has 0 amide bonds. The Hall–Kier alpha value is -1.22. The Bertz CT molecular complexity index is 615. The van der Waals surface area contributed by atoms with E-state index in [4.69, 9.17) is 0 Å². The average molecular weight is 387 g/mol. The van der Waals surface area contributed by atoms with E-state index in [9.17, 15) is 4.39 Å². The van der Waals surface area contributed by atoms with Gasteiger partial charge in [-0.15, -0.1) is 5.10 Å². The highest BCUT2D eigenvalue weighted by Gasteiger charge is 2.20. The standard InChI is InChI=1S/C13H15FIN5/c1-8-7-20(5-4-16-8)13-17-12(18-19-13)10-3-2-9(14)6-11(10)15/h2-3,6,8,16H,4-5,7H2,1H3,(H,17,18,19). The quantitative estimate of drug-likeness (QED) is 0.775. The molecule has 0 saturated carbocycles. The van der Waals surface area contributed by atoms with Crippen molar-refractivity contribution < 1.29 is 4.39 Å². The first-order chi connectivity index (χ1) is 9.63. The molecule has 0 bridgehead atoms. The highest BCUT2D eigenvalue weighted by Crippen LogP contribution is 2.24. The maximum Gasteiger partial charge on any atom is 0.245 e. The van der Waals surface area contributed by atoms with Crippen LogP contribution >= 0.6 is 22.6 Å². The number of nitrogens with one attached hydrogen (secondary N) is 2. The minimum absolute atomic E-state index is 0.242. The van der Waals surface area contributed by atoms with E-state index in [1.807, 2.05) is 0 Å². The molecular formula is C13H15FIN5. The van der Waals surface area contributed by atoms with Crippen molar-refractivity contribution in [3.8, 4) is 11.4 Å². The lowest BCUT2D eigenvalue weighted by molar-refractivity contribution is 0.480. The second kappa shape index (κ2) is 5.65. The third-order valence-corrected chi connectivity index (χ3v) is 4.20. The van der Waals surface area contributed by atoms with Gasteiger partial charge in [-0.05, 0) is 47.7 Å². The maximum absolute atomic E-state index is 13.1. The van der Waals surface area contributed by atoms with Gasteiger partial charge in [-0.25, -0.2) is 4.39 Å². The number of hydrogen-bond acceptors (Lipinski definition) is 4. The number of anilines is 1. The van der Waals surface area contributed by atoms with Gasteiger partial charge in [0.15, 0.2) is 5.82 Å². The number of hydrogen-bond donors (Lipinski definition) is 2. The average Bonchev–Trinajstić information content (AvgIpc) is 2.88. The van der Waals surface area contributed by atoms with Gasteiger partial charge in [0.25, 0.3) is 0 Å². The van der Waals surface area contributed by atoms with E-state index in [-0.39, 0.29) is 5.82 Å². The molecule has 2 aromatic rings. The van der Waals surface area contributed by atoms with Gasteiger partial charge in [0, 0.05) is 34.8 Å². The van der Waals surface area contributed by atoms with Crippen molar-refractivity contribution in [2.75, 3.05) is 24.5 Å². The molecule has 0 aliphatic carbocycles. The third-order valence-electron chi connectivity index (χ3n) is 3.31. The molecule has 3 rings (SSSR count). The van der Waals surface area contributed by atoms with Crippen LogP contribution < -0.4 is 10.2 Å². The molecule has 1 aromatic carbocycles. The maximum atomic E-state index is 13.1. The first-order valence-electron chi connectivity index (χ1n) is 6.49.